The third-order valence-electron chi connectivity index (χ3n) is 4.24. The number of nitrogens with zero attached hydrogens (tertiary/aromatic N) is 1. The van der Waals surface area contributed by atoms with E-state index in [1.807, 2.05) is 0 Å². The van der Waals surface area contributed by atoms with Crippen LogP contribution in [0.4, 0.5) is 11.4 Å². The molecule has 0 aliphatic carbocycles. The van der Waals surface area contributed by atoms with Gasteiger partial charge in [0.2, 0.25) is 0 Å². The van der Waals surface area contributed by atoms with E-state index in [0.29, 0.717) is 22.7 Å². The van der Waals surface area contributed by atoms with Crippen molar-refractivity contribution in [3.8, 4) is 11.5 Å². The van der Waals surface area contributed by atoms with Gasteiger partial charge in [0, 0.05) is 19.3 Å². The Balaban J connectivity index is 1.58. The molecule has 1 unspecified atom stereocenters. The number of hydrogen-bond donors (Lipinski definition) is 4. The number of rotatable bonds is 4. The van der Waals surface area contributed by atoms with Gasteiger partial charge in [-0.25, -0.2) is 0 Å². The number of ether oxygens (including phenoxy) is 1. The van der Waals surface area contributed by atoms with Crippen molar-refractivity contribution in [1.29, 1.82) is 0 Å². The number of aliphatic hydroxyl groups is 1. The maximum Gasteiger partial charge on any atom is 0.313 e. The average Bonchev–Trinajstić information content (AvgIpc) is 2.69. The zero-order chi connectivity index (χ0) is 20.3. The van der Waals surface area contributed by atoms with Gasteiger partial charge in [0.25, 0.3) is 5.91 Å². The van der Waals surface area contributed by atoms with Gasteiger partial charge < -0.3 is 30.5 Å². The Bertz CT molecular complexity index is 912. The number of phenolic OH excluding ortho intramolecular Hbond substituents is 1. The number of hydrogen-bond acceptors (Lipinski definition) is 6. The summed E-state index contributed by atoms with van der Waals surface area (Å²) < 4.78 is 5.30. The van der Waals surface area contributed by atoms with E-state index in [1.165, 1.54) is 35.2 Å². The molecule has 0 spiro atoms. The van der Waals surface area contributed by atoms with Gasteiger partial charge in [-0.1, -0.05) is 12.1 Å². The van der Waals surface area contributed by atoms with Gasteiger partial charge in [0.15, 0.2) is 6.61 Å². The van der Waals surface area contributed by atoms with E-state index in [4.69, 9.17) is 4.74 Å². The van der Waals surface area contributed by atoms with Crippen LogP contribution in [0.5, 0.6) is 11.5 Å². The van der Waals surface area contributed by atoms with Crippen molar-refractivity contribution < 1.29 is 29.3 Å². The lowest BCUT2D eigenvalue weighted by molar-refractivity contribution is -0.136. The first-order chi connectivity index (χ1) is 13.3. The van der Waals surface area contributed by atoms with E-state index in [0.717, 1.165) is 0 Å². The molecule has 0 bridgehead atoms. The highest BCUT2D eigenvalue weighted by atomic mass is 16.5. The molecule has 1 heterocycles. The monoisotopic (exact) mass is 385 g/mol. The number of benzene rings is 2. The van der Waals surface area contributed by atoms with Gasteiger partial charge in [-0.2, -0.15) is 0 Å². The molecule has 0 fully saturated rings. The Kier molecular flexibility index (Phi) is 5.46. The van der Waals surface area contributed by atoms with Gasteiger partial charge in [0.05, 0.1) is 11.8 Å². The third kappa shape index (κ3) is 4.21. The van der Waals surface area contributed by atoms with E-state index in [1.54, 1.807) is 19.2 Å². The van der Waals surface area contributed by atoms with Crippen LogP contribution < -0.4 is 20.3 Å². The van der Waals surface area contributed by atoms with Crippen LogP contribution in [0.15, 0.2) is 42.5 Å². The maximum atomic E-state index is 12.1. The van der Waals surface area contributed by atoms with Gasteiger partial charge >= 0.3 is 11.8 Å². The molecule has 4 N–H and O–H groups in total. The summed E-state index contributed by atoms with van der Waals surface area (Å²) in [6, 6.07) is 10.5. The normalized spacial score (nSPS) is 13.9. The lowest BCUT2D eigenvalue weighted by atomic mass is 10.1. The molecule has 2 aromatic carbocycles. The SMILES string of the molecule is CN1C(=O)COc2ccc(NC(=O)C(=O)NCC(O)c3ccc(O)cc3)cc21. The Labute approximate surface area is 160 Å². The van der Waals surface area contributed by atoms with Crippen molar-refractivity contribution >= 4 is 29.1 Å². The van der Waals surface area contributed by atoms with Gasteiger partial charge in [0.1, 0.15) is 11.5 Å². The molecule has 1 atom stereocenters. The van der Waals surface area contributed by atoms with Crippen molar-refractivity contribution in [2.24, 2.45) is 0 Å². The maximum absolute atomic E-state index is 12.1. The number of carbonyl (C=O) groups excluding carboxylic acids is 3. The number of nitrogens with one attached hydrogen (secondary N) is 2. The summed E-state index contributed by atoms with van der Waals surface area (Å²) in [7, 11) is 1.59. The molecule has 3 rings (SSSR count). The highest BCUT2D eigenvalue weighted by molar-refractivity contribution is 6.39. The van der Waals surface area contributed by atoms with Crippen molar-refractivity contribution in [3.05, 3.63) is 48.0 Å². The second-order valence-corrected chi connectivity index (χ2v) is 6.20. The number of likely N-dealkylation sites (N-methyl/N-ethyl adjacent to an activating group) is 1. The molecule has 0 saturated heterocycles. The fourth-order valence-electron chi connectivity index (χ4n) is 2.62. The van der Waals surface area contributed by atoms with E-state index in [2.05, 4.69) is 10.6 Å². The highest BCUT2D eigenvalue weighted by Gasteiger charge is 2.23. The van der Waals surface area contributed by atoms with Crippen LogP contribution in [0.25, 0.3) is 0 Å². The number of phenols is 1. The van der Waals surface area contributed by atoms with E-state index < -0.39 is 17.9 Å². The van der Waals surface area contributed by atoms with E-state index >= 15 is 0 Å². The van der Waals surface area contributed by atoms with Crippen LogP contribution in [0.3, 0.4) is 0 Å². The first kappa shape index (κ1) is 19.2. The van der Waals surface area contributed by atoms with E-state index in [-0.39, 0.29) is 24.8 Å². The summed E-state index contributed by atoms with van der Waals surface area (Å²) in [6.07, 6.45) is -1.03. The molecule has 146 valence electrons. The fourth-order valence-corrected chi connectivity index (χ4v) is 2.62. The number of aliphatic hydroxyl groups excluding tert-OH is 1. The minimum atomic E-state index is -1.03. The number of carbonyl (C=O) groups is 3. The third-order valence-corrected chi connectivity index (χ3v) is 4.24. The Hall–Kier alpha value is -3.59. The molecule has 2 aromatic rings. The molecule has 9 heteroatoms. The first-order valence-electron chi connectivity index (χ1n) is 8.44. The summed E-state index contributed by atoms with van der Waals surface area (Å²) in [5.41, 5.74) is 1.29. The molecular weight excluding hydrogens is 366 g/mol. The number of aromatic hydroxyl groups is 1. The van der Waals surface area contributed by atoms with Crippen molar-refractivity contribution in [1.82, 2.24) is 5.32 Å². The molecule has 0 aromatic heterocycles. The Morgan fingerprint density at radius 3 is 2.61 bits per heavy atom. The van der Waals surface area contributed by atoms with Crippen LogP contribution in [0, 0.1) is 0 Å². The average molecular weight is 385 g/mol. The molecular formula is C19H19N3O6. The minimum absolute atomic E-state index is 0.0546. The topological polar surface area (TPSA) is 128 Å². The lowest BCUT2D eigenvalue weighted by Crippen LogP contribution is -2.38. The lowest BCUT2D eigenvalue weighted by Gasteiger charge is -2.26. The summed E-state index contributed by atoms with van der Waals surface area (Å²) in [5.74, 6) is -1.50. The zero-order valence-corrected chi connectivity index (χ0v) is 15.0. The quantitative estimate of drug-likeness (QED) is 0.569. The largest absolute Gasteiger partial charge is 0.508 e. The molecule has 0 radical (unpaired) electrons. The summed E-state index contributed by atoms with van der Waals surface area (Å²) >= 11 is 0. The Morgan fingerprint density at radius 1 is 1.18 bits per heavy atom. The molecule has 9 nitrogen and oxygen atoms in total. The standard InChI is InChI=1S/C19H19N3O6/c1-22-14-8-12(4-7-16(14)28-10-17(22)25)21-19(27)18(26)20-9-15(24)11-2-5-13(23)6-3-11/h2-8,15,23-24H,9-10H2,1H3,(H,20,26)(H,21,27). The van der Waals surface area contributed by atoms with Crippen molar-refractivity contribution in [3.63, 3.8) is 0 Å². The smallest absolute Gasteiger partial charge is 0.313 e. The summed E-state index contributed by atoms with van der Waals surface area (Å²) in [6.45, 7) is -0.229. The molecule has 0 saturated carbocycles. The number of amides is 3. The second kappa shape index (κ2) is 7.97. The second-order valence-electron chi connectivity index (χ2n) is 6.20. The number of fused-ring (bicyclic) bond motifs is 1. The Morgan fingerprint density at radius 2 is 1.89 bits per heavy atom. The van der Waals surface area contributed by atoms with Gasteiger partial charge in [-0.15, -0.1) is 0 Å². The highest BCUT2D eigenvalue weighted by Crippen LogP contribution is 2.33. The predicted molar refractivity (Wildman–Crippen MR) is 100 cm³/mol. The summed E-state index contributed by atoms with van der Waals surface area (Å²) in [5, 5.41) is 24.1. The van der Waals surface area contributed by atoms with Crippen molar-refractivity contribution in [2.75, 3.05) is 30.4 Å². The zero-order valence-electron chi connectivity index (χ0n) is 15.0. The molecule has 3 amide bonds. The van der Waals surface area contributed by atoms with Gasteiger partial charge in [-0.3, -0.25) is 14.4 Å². The van der Waals surface area contributed by atoms with Crippen LogP contribution >= 0.6 is 0 Å². The van der Waals surface area contributed by atoms with Crippen LogP contribution in [0.2, 0.25) is 0 Å². The molecule has 28 heavy (non-hydrogen) atoms. The van der Waals surface area contributed by atoms with Crippen LogP contribution in [-0.2, 0) is 14.4 Å². The van der Waals surface area contributed by atoms with Crippen molar-refractivity contribution in [2.45, 2.75) is 6.10 Å². The summed E-state index contributed by atoms with van der Waals surface area (Å²) in [4.78, 5) is 37.1. The van der Waals surface area contributed by atoms with E-state index in [9.17, 15) is 24.6 Å². The van der Waals surface area contributed by atoms with Gasteiger partial charge in [-0.05, 0) is 35.9 Å². The van der Waals surface area contributed by atoms with Crippen LogP contribution in [-0.4, -0.2) is 48.1 Å². The number of anilines is 2. The molecule has 1 aliphatic heterocycles. The first-order valence-corrected chi connectivity index (χ1v) is 8.44. The minimum Gasteiger partial charge on any atom is -0.508 e. The molecule has 1 aliphatic rings. The fraction of sp³-hybridized carbons (Fsp3) is 0.211. The predicted octanol–water partition coefficient (Wildman–Crippen LogP) is 0.536. The van der Waals surface area contributed by atoms with Crippen LogP contribution in [0.1, 0.15) is 11.7 Å².